The Labute approximate surface area is 83.6 Å². The number of nitrogens with zero attached hydrogens (tertiary/aromatic N) is 1. The van der Waals surface area contributed by atoms with E-state index in [4.69, 9.17) is 4.74 Å². The minimum atomic E-state index is -0.136. The van der Waals surface area contributed by atoms with E-state index in [0.717, 1.165) is 26.1 Å². The van der Waals surface area contributed by atoms with Gasteiger partial charge in [0, 0.05) is 32.1 Å². The lowest BCUT2D eigenvalue weighted by molar-refractivity contribution is -0.142. The van der Waals surface area contributed by atoms with Crippen molar-refractivity contribution in [3.05, 3.63) is 0 Å². The normalized spacial score (nSPS) is 33.6. The van der Waals surface area contributed by atoms with E-state index in [-0.39, 0.29) is 18.1 Å². The van der Waals surface area contributed by atoms with Crippen molar-refractivity contribution in [2.45, 2.75) is 37.5 Å². The van der Waals surface area contributed by atoms with E-state index in [1.54, 1.807) is 0 Å². The largest absolute Gasteiger partial charge is 0.362 e. The first-order valence-corrected chi connectivity index (χ1v) is 5.51. The number of nitrogens with one attached hydrogen (secondary N) is 1. The zero-order chi connectivity index (χ0) is 9.54. The second-order valence-electron chi connectivity index (χ2n) is 4.46. The molecule has 1 saturated carbocycles. The number of carbonyl (C=O) groups excluding carboxylic acids is 1. The zero-order valence-corrected chi connectivity index (χ0v) is 8.24. The molecule has 78 valence electrons. The van der Waals surface area contributed by atoms with Crippen LogP contribution >= 0.6 is 0 Å². The van der Waals surface area contributed by atoms with Gasteiger partial charge in [-0.05, 0) is 12.8 Å². The van der Waals surface area contributed by atoms with Gasteiger partial charge in [0.05, 0.1) is 6.10 Å². The molecular formula is C10H16N2O2. The van der Waals surface area contributed by atoms with E-state index in [2.05, 4.69) is 5.32 Å². The molecular weight excluding hydrogens is 180 g/mol. The van der Waals surface area contributed by atoms with Crippen molar-refractivity contribution in [1.29, 1.82) is 0 Å². The van der Waals surface area contributed by atoms with Gasteiger partial charge in [-0.15, -0.1) is 0 Å². The summed E-state index contributed by atoms with van der Waals surface area (Å²) < 4.78 is 5.71. The molecule has 1 amide bonds. The molecule has 1 unspecified atom stereocenters. The van der Waals surface area contributed by atoms with Crippen molar-refractivity contribution >= 4 is 5.91 Å². The fourth-order valence-corrected chi connectivity index (χ4v) is 2.14. The number of amides is 1. The molecule has 0 aromatic heterocycles. The van der Waals surface area contributed by atoms with E-state index in [1.807, 2.05) is 4.90 Å². The summed E-state index contributed by atoms with van der Waals surface area (Å²) in [4.78, 5) is 13.9. The van der Waals surface area contributed by atoms with Crippen molar-refractivity contribution in [3.63, 3.8) is 0 Å². The Hall–Kier alpha value is -0.610. The van der Waals surface area contributed by atoms with Crippen LogP contribution in [0.25, 0.3) is 0 Å². The second kappa shape index (κ2) is 3.21. The van der Waals surface area contributed by atoms with E-state index in [9.17, 15) is 4.79 Å². The second-order valence-corrected chi connectivity index (χ2v) is 4.46. The third-order valence-electron chi connectivity index (χ3n) is 3.28. The third kappa shape index (κ3) is 1.42. The predicted molar refractivity (Wildman–Crippen MR) is 50.9 cm³/mol. The van der Waals surface area contributed by atoms with Crippen LogP contribution in [-0.2, 0) is 9.53 Å². The monoisotopic (exact) mass is 196 g/mol. The Morgan fingerprint density at radius 1 is 1.29 bits per heavy atom. The summed E-state index contributed by atoms with van der Waals surface area (Å²) in [5, 5.41) is 3.15. The van der Waals surface area contributed by atoms with Crippen LogP contribution < -0.4 is 5.32 Å². The number of likely N-dealkylation sites (tertiary alicyclic amines) is 1. The van der Waals surface area contributed by atoms with E-state index < -0.39 is 0 Å². The molecule has 1 atom stereocenters. The highest BCUT2D eigenvalue weighted by atomic mass is 16.5. The molecule has 3 fully saturated rings. The standard InChI is InChI=1S/C10H16N2O2/c13-10-9(14-8-5-11-6-8)3-4-12(10)7-1-2-7/h7-9,11H,1-6H2. The van der Waals surface area contributed by atoms with Crippen molar-refractivity contribution in [2.24, 2.45) is 0 Å². The first-order chi connectivity index (χ1) is 6.84. The number of hydrogen-bond donors (Lipinski definition) is 1. The highest BCUT2D eigenvalue weighted by molar-refractivity contribution is 5.83. The lowest BCUT2D eigenvalue weighted by atomic mass is 10.2. The van der Waals surface area contributed by atoms with Crippen LogP contribution in [0, 0.1) is 0 Å². The maximum absolute atomic E-state index is 11.8. The summed E-state index contributed by atoms with van der Waals surface area (Å²) in [6.07, 6.45) is 3.43. The van der Waals surface area contributed by atoms with Crippen LogP contribution in [0.2, 0.25) is 0 Å². The van der Waals surface area contributed by atoms with Crippen LogP contribution in [0.1, 0.15) is 19.3 Å². The van der Waals surface area contributed by atoms with Gasteiger partial charge in [0.25, 0.3) is 5.91 Å². The molecule has 14 heavy (non-hydrogen) atoms. The number of ether oxygens (including phenoxy) is 1. The summed E-state index contributed by atoms with van der Waals surface area (Å²) in [5.74, 6) is 0.236. The van der Waals surface area contributed by atoms with E-state index in [1.165, 1.54) is 12.8 Å². The fraction of sp³-hybridized carbons (Fsp3) is 0.900. The Balaban J connectivity index is 1.56. The molecule has 3 aliphatic rings. The van der Waals surface area contributed by atoms with Gasteiger partial charge in [-0.25, -0.2) is 0 Å². The van der Waals surface area contributed by atoms with Crippen LogP contribution in [0.3, 0.4) is 0 Å². The summed E-state index contributed by atoms with van der Waals surface area (Å²) in [7, 11) is 0. The minimum Gasteiger partial charge on any atom is -0.362 e. The lowest BCUT2D eigenvalue weighted by Gasteiger charge is -2.29. The summed E-state index contributed by atoms with van der Waals surface area (Å²) >= 11 is 0. The minimum absolute atomic E-state index is 0.136. The lowest BCUT2D eigenvalue weighted by Crippen LogP contribution is -2.51. The molecule has 3 rings (SSSR count). The van der Waals surface area contributed by atoms with Crippen LogP contribution in [0.5, 0.6) is 0 Å². The quantitative estimate of drug-likeness (QED) is 0.676. The molecule has 4 nitrogen and oxygen atoms in total. The molecule has 0 radical (unpaired) electrons. The van der Waals surface area contributed by atoms with Crippen LogP contribution in [-0.4, -0.2) is 48.7 Å². The summed E-state index contributed by atoms with van der Waals surface area (Å²) in [6, 6.07) is 0.551. The maximum Gasteiger partial charge on any atom is 0.252 e. The molecule has 0 bridgehead atoms. The van der Waals surface area contributed by atoms with Gasteiger partial charge in [0.2, 0.25) is 0 Å². The van der Waals surface area contributed by atoms with Gasteiger partial charge in [-0.3, -0.25) is 4.79 Å². The van der Waals surface area contributed by atoms with Crippen molar-refractivity contribution < 1.29 is 9.53 Å². The number of carbonyl (C=O) groups is 1. The molecule has 4 heteroatoms. The molecule has 1 aliphatic carbocycles. The van der Waals surface area contributed by atoms with E-state index in [0.29, 0.717) is 6.04 Å². The van der Waals surface area contributed by atoms with Gasteiger partial charge in [-0.1, -0.05) is 0 Å². The first-order valence-electron chi connectivity index (χ1n) is 5.51. The van der Waals surface area contributed by atoms with Gasteiger partial charge in [0.1, 0.15) is 6.10 Å². The highest BCUT2D eigenvalue weighted by Gasteiger charge is 2.42. The van der Waals surface area contributed by atoms with Crippen molar-refractivity contribution in [2.75, 3.05) is 19.6 Å². The Kier molecular flexibility index (Phi) is 1.99. The topological polar surface area (TPSA) is 41.6 Å². The highest BCUT2D eigenvalue weighted by Crippen LogP contribution is 2.31. The molecule has 0 aromatic rings. The maximum atomic E-state index is 11.8. The molecule has 2 aliphatic heterocycles. The summed E-state index contributed by atoms with van der Waals surface area (Å²) in [5.41, 5.74) is 0. The van der Waals surface area contributed by atoms with E-state index >= 15 is 0 Å². The summed E-state index contributed by atoms with van der Waals surface area (Å²) in [6.45, 7) is 2.73. The van der Waals surface area contributed by atoms with Crippen molar-refractivity contribution in [3.8, 4) is 0 Å². The molecule has 2 heterocycles. The first kappa shape index (κ1) is 8.68. The van der Waals surface area contributed by atoms with Gasteiger partial charge >= 0.3 is 0 Å². The Morgan fingerprint density at radius 2 is 2.07 bits per heavy atom. The fourth-order valence-electron chi connectivity index (χ4n) is 2.14. The number of hydrogen-bond acceptors (Lipinski definition) is 3. The number of rotatable bonds is 3. The average Bonchev–Trinajstić information content (AvgIpc) is 2.86. The van der Waals surface area contributed by atoms with Crippen LogP contribution in [0.15, 0.2) is 0 Å². The molecule has 0 spiro atoms. The van der Waals surface area contributed by atoms with Gasteiger partial charge < -0.3 is 15.0 Å². The van der Waals surface area contributed by atoms with Gasteiger partial charge in [-0.2, -0.15) is 0 Å². The zero-order valence-electron chi connectivity index (χ0n) is 8.24. The Bertz CT molecular complexity index is 249. The smallest absolute Gasteiger partial charge is 0.252 e. The van der Waals surface area contributed by atoms with Gasteiger partial charge in [0.15, 0.2) is 0 Å². The third-order valence-corrected chi connectivity index (χ3v) is 3.28. The van der Waals surface area contributed by atoms with Crippen molar-refractivity contribution in [1.82, 2.24) is 10.2 Å². The SMILES string of the molecule is O=C1C(OC2CNC2)CCN1C1CC1. The Morgan fingerprint density at radius 3 is 2.64 bits per heavy atom. The molecule has 0 aromatic carbocycles. The predicted octanol–water partition coefficient (Wildman–Crippen LogP) is -0.262. The van der Waals surface area contributed by atoms with Crippen LogP contribution in [0.4, 0.5) is 0 Å². The average molecular weight is 196 g/mol. The molecule has 2 saturated heterocycles. The molecule has 1 N–H and O–H groups in total.